The van der Waals surface area contributed by atoms with E-state index in [-0.39, 0.29) is 5.69 Å². The maximum Gasteiger partial charge on any atom is 0.311 e. The molecular formula is C12H12ClN3O2S. The van der Waals surface area contributed by atoms with Crippen LogP contribution in [-0.4, -0.2) is 16.5 Å². The number of hydrogen-bond donors (Lipinski definition) is 1. The number of halogens is 1. The highest BCUT2D eigenvalue weighted by Gasteiger charge is 2.14. The Morgan fingerprint density at radius 3 is 2.95 bits per heavy atom. The fraction of sp³-hybridized carbons (Fsp3) is 0.250. The van der Waals surface area contributed by atoms with Crippen LogP contribution in [0.4, 0.5) is 11.5 Å². The highest BCUT2D eigenvalue weighted by Crippen LogP contribution is 2.24. The first kappa shape index (κ1) is 13.8. The zero-order chi connectivity index (χ0) is 13.8. The van der Waals surface area contributed by atoms with E-state index >= 15 is 0 Å². The molecule has 0 bridgehead atoms. The highest BCUT2D eigenvalue weighted by atomic mass is 35.5. The van der Waals surface area contributed by atoms with E-state index < -0.39 is 4.92 Å². The number of anilines is 1. The number of nitrogens with one attached hydrogen (secondary N) is 1. The Balaban J connectivity index is 2.01. The molecule has 2 aromatic rings. The molecule has 2 heterocycles. The second-order valence-corrected chi connectivity index (χ2v) is 5.82. The van der Waals surface area contributed by atoms with Crippen molar-refractivity contribution in [1.82, 2.24) is 4.98 Å². The summed E-state index contributed by atoms with van der Waals surface area (Å²) in [5.74, 6) is 0.304. The van der Waals surface area contributed by atoms with Gasteiger partial charge in [0.05, 0.1) is 9.26 Å². The first-order valence-corrected chi connectivity index (χ1v) is 6.85. The molecule has 0 atom stereocenters. The van der Waals surface area contributed by atoms with Gasteiger partial charge < -0.3 is 5.32 Å². The Labute approximate surface area is 119 Å². The molecule has 0 fully saturated rings. The molecule has 2 aromatic heterocycles. The SMILES string of the molecule is Cc1cnc(NCCc2ccc(Cl)s2)c([N+](=O)[O-])c1. The molecular weight excluding hydrogens is 286 g/mol. The van der Waals surface area contributed by atoms with Crippen LogP contribution in [0.5, 0.6) is 0 Å². The minimum Gasteiger partial charge on any atom is -0.364 e. The summed E-state index contributed by atoms with van der Waals surface area (Å²) in [5.41, 5.74) is 0.770. The van der Waals surface area contributed by atoms with Gasteiger partial charge in [0.15, 0.2) is 0 Å². The van der Waals surface area contributed by atoms with Gasteiger partial charge in [0, 0.05) is 23.7 Å². The van der Waals surface area contributed by atoms with Gasteiger partial charge in [-0.1, -0.05) is 11.6 Å². The Bertz CT molecular complexity index is 600. The maximum atomic E-state index is 10.9. The van der Waals surface area contributed by atoms with E-state index in [1.807, 2.05) is 12.1 Å². The average Bonchev–Trinajstić information content (AvgIpc) is 2.77. The third-order valence-electron chi connectivity index (χ3n) is 2.49. The summed E-state index contributed by atoms with van der Waals surface area (Å²) in [4.78, 5) is 15.7. The third-order valence-corrected chi connectivity index (χ3v) is 3.78. The largest absolute Gasteiger partial charge is 0.364 e. The van der Waals surface area contributed by atoms with Crippen molar-refractivity contribution in [3.63, 3.8) is 0 Å². The van der Waals surface area contributed by atoms with Crippen molar-refractivity contribution in [2.45, 2.75) is 13.3 Å². The molecule has 1 N–H and O–H groups in total. The van der Waals surface area contributed by atoms with Crippen LogP contribution in [0.2, 0.25) is 4.34 Å². The van der Waals surface area contributed by atoms with Gasteiger partial charge in [-0.3, -0.25) is 10.1 Å². The van der Waals surface area contributed by atoms with E-state index in [4.69, 9.17) is 11.6 Å². The van der Waals surface area contributed by atoms with Gasteiger partial charge in [0.1, 0.15) is 0 Å². The van der Waals surface area contributed by atoms with E-state index in [0.717, 1.165) is 21.2 Å². The number of hydrogen-bond acceptors (Lipinski definition) is 5. The predicted octanol–water partition coefficient (Wildman–Crippen LogP) is 3.67. The molecule has 0 aliphatic heterocycles. The minimum atomic E-state index is -0.426. The summed E-state index contributed by atoms with van der Waals surface area (Å²) >= 11 is 7.34. The second kappa shape index (κ2) is 5.99. The lowest BCUT2D eigenvalue weighted by atomic mass is 10.3. The summed E-state index contributed by atoms with van der Waals surface area (Å²) in [5, 5.41) is 13.9. The van der Waals surface area contributed by atoms with Crippen LogP contribution in [-0.2, 0) is 6.42 Å². The molecule has 0 radical (unpaired) electrons. The monoisotopic (exact) mass is 297 g/mol. The van der Waals surface area contributed by atoms with E-state index in [2.05, 4.69) is 10.3 Å². The molecule has 100 valence electrons. The summed E-state index contributed by atoms with van der Waals surface area (Å²) < 4.78 is 0.745. The van der Waals surface area contributed by atoms with Gasteiger partial charge in [0.2, 0.25) is 5.82 Å². The topological polar surface area (TPSA) is 68.1 Å². The fourth-order valence-corrected chi connectivity index (χ4v) is 2.71. The highest BCUT2D eigenvalue weighted by molar-refractivity contribution is 7.16. The summed E-state index contributed by atoms with van der Waals surface area (Å²) in [6, 6.07) is 5.30. The van der Waals surface area contributed by atoms with E-state index in [0.29, 0.717) is 12.4 Å². The normalized spacial score (nSPS) is 10.4. The molecule has 0 saturated heterocycles. The van der Waals surface area contributed by atoms with E-state index in [1.54, 1.807) is 13.1 Å². The van der Waals surface area contributed by atoms with Crippen LogP contribution >= 0.6 is 22.9 Å². The van der Waals surface area contributed by atoms with Crippen LogP contribution in [0, 0.1) is 17.0 Å². The fourth-order valence-electron chi connectivity index (χ4n) is 1.62. The minimum absolute atomic E-state index is 0.00390. The molecule has 0 amide bonds. The van der Waals surface area contributed by atoms with Crippen molar-refractivity contribution in [1.29, 1.82) is 0 Å². The maximum absolute atomic E-state index is 10.9. The van der Waals surface area contributed by atoms with Crippen molar-refractivity contribution in [2.24, 2.45) is 0 Å². The third kappa shape index (κ3) is 3.65. The van der Waals surface area contributed by atoms with Crippen LogP contribution in [0.3, 0.4) is 0 Å². The first-order chi connectivity index (χ1) is 9.06. The van der Waals surface area contributed by atoms with Gasteiger partial charge >= 0.3 is 5.69 Å². The van der Waals surface area contributed by atoms with Gasteiger partial charge in [-0.15, -0.1) is 11.3 Å². The molecule has 0 aromatic carbocycles. The number of aromatic nitrogens is 1. The molecule has 19 heavy (non-hydrogen) atoms. The van der Waals surface area contributed by atoms with Gasteiger partial charge in [-0.2, -0.15) is 0 Å². The number of aryl methyl sites for hydroxylation is 1. The zero-order valence-corrected chi connectivity index (χ0v) is 11.8. The Morgan fingerprint density at radius 1 is 1.53 bits per heavy atom. The lowest BCUT2D eigenvalue weighted by molar-refractivity contribution is -0.384. The molecule has 0 spiro atoms. The van der Waals surface area contributed by atoms with Crippen LogP contribution in [0.15, 0.2) is 24.4 Å². The molecule has 2 rings (SSSR count). The van der Waals surface area contributed by atoms with Gasteiger partial charge in [0.25, 0.3) is 0 Å². The van der Waals surface area contributed by atoms with Gasteiger partial charge in [-0.25, -0.2) is 4.98 Å². The summed E-state index contributed by atoms with van der Waals surface area (Å²) in [6.07, 6.45) is 2.36. The second-order valence-electron chi connectivity index (χ2n) is 4.02. The lowest BCUT2D eigenvalue weighted by Gasteiger charge is -2.05. The Hall–Kier alpha value is -1.66. The average molecular weight is 298 g/mol. The summed E-state index contributed by atoms with van der Waals surface area (Å²) in [6.45, 7) is 2.35. The Kier molecular flexibility index (Phi) is 4.34. The molecule has 0 aliphatic carbocycles. The molecule has 5 nitrogen and oxygen atoms in total. The van der Waals surface area contributed by atoms with Crippen LogP contribution in [0.25, 0.3) is 0 Å². The van der Waals surface area contributed by atoms with Crippen molar-refractivity contribution in [2.75, 3.05) is 11.9 Å². The van der Waals surface area contributed by atoms with Crippen LogP contribution < -0.4 is 5.32 Å². The quantitative estimate of drug-likeness (QED) is 0.675. The lowest BCUT2D eigenvalue weighted by Crippen LogP contribution is -2.08. The van der Waals surface area contributed by atoms with Crippen molar-refractivity contribution in [3.05, 3.63) is 49.3 Å². The van der Waals surface area contributed by atoms with E-state index in [1.165, 1.54) is 17.4 Å². The molecule has 0 saturated carbocycles. The summed E-state index contributed by atoms with van der Waals surface area (Å²) in [7, 11) is 0. The van der Waals surface area contributed by atoms with E-state index in [9.17, 15) is 10.1 Å². The van der Waals surface area contributed by atoms with Crippen molar-refractivity contribution < 1.29 is 4.92 Å². The predicted molar refractivity (Wildman–Crippen MR) is 77.2 cm³/mol. The van der Waals surface area contributed by atoms with Crippen molar-refractivity contribution in [3.8, 4) is 0 Å². The molecule has 0 unspecified atom stereocenters. The smallest absolute Gasteiger partial charge is 0.311 e. The standard InChI is InChI=1S/C12H12ClN3O2S/c1-8-6-10(16(17)18)12(15-7-8)14-5-4-9-2-3-11(13)19-9/h2-3,6-7H,4-5H2,1H3,(H,14,15). The number of nitrogens with zero attached hydrogens (tertiary/aromatic N) is 2. The number of thiophene rings is 1. The number of nitro groups is 1. The zero-order valence-electron chi connectivity index (χ0n) is 10.2. The molecule has 7 heteroatoms. The van der Waals surface area contributed by atoms with Gasteiger partial charge in [-0.05, 0) is 31.0 Å². The Morgan fingerprint density at radius 2 is 2.32 bits per heavy atom. The van der Waals surface area contributed by atoms with Crippen molar-refractivity contribution >= 4 is 34.4 Å². The number of rotatable bonds is 5. The van der Waals surface area contributed by atoms with Crippen LogP contribution in [0.1, 0.15) is 10.4 Å². The molecule has 0 aliphatic rings. The first-order valence-electron chi connectivity index (χ1n) is 5.65. The number of pyridine rings is 1.